The largest absolute Gasteiger partial charge is 0.325 e. The maximum atomic E-state index is 13.0. The molecule has 0 bridgehead atoms. The maximum Gasteiger partial charge on any atom is 0.325 e. The maximum absolute atomic E-state index is 13.0. The molecule has 7 heteroatoms. The van der Waals surface area contributed by atoms with Crippen LogP contribution in [0, 0.1) is 5.82 Å². The van der Waals surface area contributed by atoms with E-state index < -0.39 is 35.7 Å². The van der Waals surface area contributed by atoms with Crippen molar-refractivity contribution >= 4 is 23.5 Å². The summed E-state index contributed by atoms with van der Waals surface area (Å²) >= 11 is 0. The summed E-state index contributed by atoms with van der Waals surface area (Å²) in [7, 11) is 0. The summed E-state index contributed by atoms with van der Waals surface area (Å²) in [5, 5.41) is 5.23. The number of carbonyl (C=O) groups excluding carboxylic acids is 3. The van der Waals surface area contributed by atoms with Crippen molar-refractivity contribution in [3.63, 3.8) is 0 Å². The highest BCUT2D eigenvalue weighted by Crippen LogP contribution is 2.29. The normalized spacial score (nSPS) is 18.9. The number of nitrogens with one attached hydrogen (secondary N) is 2. The van der Waals surface area contributed by atoms with Crippen LogP contribution in [0.4, 0.5) is 14.9 Å². The molecule has 0 aliphatic carbocycles. The van der Waals surface area contributed by atoms with Gasteiger partial charge in [-0.1, -0.05) is 37.6 Å². The summed E-state index contributed by atoms with van der Waals surface area (Å²) in [5.41, 5.74) is 0.972. The first-order valence-electron chi connectivity index (χ1n) is 9.12. The second-order valence-electron chi connectivity index (χ2n) is 6.95. The number of halogens is 1. The number of hydrogen-bond acceptors (Lipinski definition) is 3. The lowest BCUT2D eigenvalue weighted by Crippen LogP contribution is -2.42. The molecule has 0 saturated carbocycles. The summed E-state index contributed by atoms with van der Waals surface area (Å²) < 4.78 is 13.0. The molecular formula is C21H22FN3O3. The fourth-order valence-electron chi connectivity index (χ4n) is 3.21. The minimum absolute atomic E-state index is 0.382. The molecule has 3 rings (SSSR count). The summed E-state index contributed by atoms with van der Waals surface area (Å²) in [6, 6.07) is 12.1. The van der Waals surface area contributed by atoms with Gasteiger partial charge in [0.25, 0.3) is 5.91 Å². The molecular weight excluding hydrogens is 361 g/mol. The van der Waals surface area contributed by atoms with Gasteiger partial charge >= 0.3 is 6.03 Å². The summed E-state index contributed by atoms with van der Waals surface area (Å²) in [6.07, 6.45) is 1.95. The van der Waals surface area contributed by atoms with Gasteiger partial charge in [0.15, 0.2) is 0 Å². The minimum Gasteiger partial charge on any atom is -0.325 e. The van der Waals surface area contributed by atoms with Gasteiger partial charge in [0.05, 0.1) is 0 Å². The van der Waals surface area contributed by atoms with E-state index in [1.54, 1.807) is 6.92 Å². The van der Waals surface area contributed by atoms with Gasteiger partial charge in [0.1, 0.15) is 17.9 Å². The van der Waals surface area contributed by atoms with Crippen LogP contribution < -0.4 is 10.6 Å². The van der Waals surface area contributed by atoms with Crippen LogP contribution in [-0.2, 0) is 21.5 Å². The molecule has 1 saturated heterocycles. The highest BCUT2D eigenvalue weighted by molar-refractivity contribution is 6.10. The number of carbonyl (C=O) groups is 3. The SMILES string of the molecule is CCCc1ccc([C@@]2(C)NC(=O)N(CC(=O)Nc3ccc(F)cc3)C2=O)cc1. The Labute approximate surface area is 162 Å². The number of urea groups is 1. The van der Waals surface area contributed by atoms with Gasteiger partial charge in [0.2, 0.25) is 5.91 Å². The molecule has 2 N–H and O–H groups in total. The second kappa shape index (κ2) is 7.80. The Morgan fingerprint density at radius 3 is 2.36 bits per heavy atom. The summed E-state index contributed by atoms with van der Waals surface area (Å²) in [6.45, 7) is 3.29. The first-order chi connectivity index (χ1) is 13.3. The lowest BCUT2D eigenvalue weighted by atomic mass is 9.91. The van der Waals surface area contributed by atoms with E-state index in [-0.39, 0.29) is 0 Å². The number of anilines is 1. The van der Waals surface area contributed by atoms with E-state index in [4.69, 9.17) is 0 Å². The number of imide groups is 1. The van der Waals surface area contributed by atoms with Gasteiger partial charge in [-0.25, -0.2) is 9.18 Å². The third-order valence-corrected chi connectivity index (χ3v) is 4.77. The Balaban J connectivity index is 1.71. The topological polar surface area (TPSA) is 78.5 Å². The molecule has 0 aromatic heterocycles. The van der Waals surface area contributed by atoms with Crippen LogP contribution in [0.15, 0.2) is 48.5 Å². The molecule has 6 nitrogen and oxygen atoms in total. The zero-order chi connectivity index (χ0) is 20.3. The molecule has 1 atom stereocenters. The van der Waals surface area contributed by atoms with E-state index >= 15 is 0 Å². The highest BCUT2D eigenvalue weighted by atomic mass is 19.1. The number of nitrogens with zero attached hydrogens (tertiary/aromatic N) is 1. The highest BCUT2D eigenvalue weighted by Gasteiger charge is 2.49. The number of rotatable bonds is 6. The quantitative estimate of drug-likeness (QED) is 0.752. The van der Waals surface area contributed by atoms with Gasteiger partial charge in [0, 0.05) is 5.69 Å². The third-order valence-electron chi connectivity index (χ3n) is 4.77. The standard InChI is InChI=1S/C21H22FN3O3/c1-3-4-14-5-7-15(8-6-14)21(2)19(27)25(20(28)24-21)13-18(26)23-17-11-9-16(22)10-12-17/h5-12H,3-4,13H2,1-2H3,(H,23,26)(H,24,28)/t21-/m1/s1. The van der Waals surface area contributed by atoms with E-state index in [0.29, 0.717) is 11.3 Å². The second-order valence-corrected chi connectivity index (χ2v) is 6.95. The van der Waals surface area contributed by atoms with Crippen LogP contribution in [-0.4, -0.2) is 29.3 Å². The van der Waals surface area contributed by atoms with Crippen LogP contribution in [0.1, 0.15) is 31.4 Å². The Morgan fingerprint density at radius 1 is 1.11 bits per heavy atom. The Bertz CT molecular complexity index is 896. The van der Waals surface area contributed by atoms with Gasteiger partial charge in [-0.15, -0.1) is 0 Å². The van der Waals surface area contributed by atoms with Gasteiger partial charge < -0.3 is 10.6 Å². The lowest BCUT2D eigenvalue weighted by Gasteiger charge is -2.22. The zero-order valence-electron chi connectivity index (χ0n) is 15.8. The fourth-order valence-corrected chi connectivity index (χ4v) is 3.21. The van der Waals surface area contributed by atoms with Crippen molar-refractivity contribution in [1.29, 1.82) is 0 Å². The molecule has 2 aromatic rings. The summed E-state index contributed by atoms with van der Waals surface area (Å²) in [4.78, 5) is 38.4. The zero-order valence-corrected chi connectivity index (χ0v) is 15.8. The minimum atomic E-state index is -1.22. The molecule has 146 valence electrons. The van der Waals surface area contributed by atoms with Crippen LogP contribution >= 0.6 is 0 Å². The molecule has 1 fully saturated rings. The smallest absolute Gasteiger partial charge is 0.325 e. The van der Waals surface area contributed by atoms with E-state index in [1.165, 1.54) is 24.3 Å². The number of amides is 4. The molecule has 1 aliphatic rings. The Hall–Kier alpha value is -3.22. The third kappa shape index (κ3) is 3.88. The Kier molecular flexibility index (Phi) is 5.44. The van der Waals surface area contributed by atoms with E-state index in [1.807, 2.05) is 24.3 Å². The molecule has 0 spiro atoms. The molecule has 0 radical (unpaired) electrons. The van der Waals surface area contributed by atoms with Crippen LogP contribution in [0.25, 0.3) is 0 Å². The van der Waals surface area contributed by atoms with Crippen molar-refractivity contribution < 1.29 is 18.8 Å². The van der Waals surface area contributed by atoms with Crippen LogP contribution in [0.2, 0.25) is 0 Å². The molecule has 2 aromatic carbocycles. The van der Waals surface area contributed by atoms with Crippen molar-refractivity contribution in [1.82, 2.24) is 10.2 Å². The molecule has 1 heterocycles. The monoisotopic (exact) mass is 383 g/mol. The van der Waals surface area contributed by atoms with Crippen molar-refractivity contribution in [2.45, 2.75) is 32.2 Å². The first-order valence-corrected chi connectivity index (χ1v) is 9.12. The Morgan fingerprint density at radius 2 is 1.75 bits per heavy atom. The average Bonchev–Trinajstić information content (AvgIpc) is 2.88. The van der Waals surface area contributed by atoms with E-state index in [2.05, 4.69) is 17.6 Å². The van der Waals surface area contributed by atoms with E-state index in [0.717, 1.165) is 23.3 Å². The summed E-state index contributed by atoms with van der Waals surface area (Å²) in [5.74, 6) is -1.46. The molecule has 28 heavy (non-hydrogen) atoms. The molecule has 4 amide bonds. The predicted octanol–water partition coefficient (Wildman–Crippen LogP) is 3.18. The molecule has 1 aliphatic heterocycles. The van der Waals surface area contributed by atoms with Crippen LogP contribution in [0.5, 0.6) is 0 Å². The van der Waals surface area contributed by atoms with E-state index in [9.17, 15) is 18.8 Å². The van der Waals surface area contributed by atoms with Crippen LogP contribution in [0.3, 0.4) is 0 Å². The molecule has 0 unspecified atom stereocenters. The first kappa shape index (κ1) is 19.5. The van der Waals surface area contributed by atoms with Gasteiger partial charge in [-0.2, -0.15) is 0 Å². The van der Waals surface area contributed by atoms with Crippen molar-refractivity contribution in [2.24, 2.45) is 0 Å². The number of hydrogen-bond donors (Lipinski definition) is 2. The van der Waals surface area contributed by atoms with Crippen molar-refractivity contribution in [3.05, 3.63) is 65.5 Å². The average molecular weight is 383 g/mol. The van der Waals surface area contributed by atoms with Gasteiger partial charge in [-0.05, 0) is 48.7 Å². The lowest BCUT2D eigenvalue weighted by molar-refractivity contribution is -0.133. The van der Waals surface area contributed by atoms with Crippen molar-refractivity contribution in [2.75, 3.05) is 11.9 Å². The number of benzene rings is 2. The number of aryl methyl sites for hydroxylation is 1. The predicted molar refractivity (Wildman–Crippen MR) is 103 cm³/mol. The fraction of sp³-hybridized carbons (Fsp3) is 0.286. The van der Waals surface area contributed by atoms with Gasteiger partial charge in [-0.3, -0.25) is 14.5 Å². The van der Waals surface area contributed by atoms with Crippen molar-refractivity contribution in [3.8, 4) is 0 Å².